The van der Waals surface area contributed by atoms with Crippen LogP contribution in [0.1, 0.15) is 93.2 Å². The minimum absolute atomic E-state index is 0.178. The van der Waals surface area contributed by atoms with Crippen molar-refractivity contribution in [2.24, 2.45) is 0 Å². The molecule has 0 fully saturated rings. The normalized spacial score (nSPS) is 12.1. The van der Waals surface area contributed by atoms with Crippen molar-refractivity contribution in [1.29, 1.82) is 0 Å². The van der Waals surface area contributed by atoms with Gasteiger partial charge in [0.05, 0.1) is 28.1 Å². The Morgan fingerprint density at radius 2 is 1.43 bits per heavy atom. The summed E-state index contributed by atoms with van der Waals surface area (Å²) in [6, 6.07) is 23.2. The molecular weight excluding hydrogens is 544 g/mol. The number of aryl methyl sites for hydroxylation is 1. The number of carbonyl (C=O) groups is 3. The van der Waals surface area contributed by atoms with Crippen LogP contribution >= 0.6 is 11.8 Å². The molecule has 4 N–H and O–H groups in total. The fourth-order valence-electron chi connectivity index (χ4n) is 5.29. The lowest BCUT2D eigenvalue weighted by Gasteiger charge is -2.24. The molecule has 0 amide bonds. The molecule has 0 aliphatic heterocycles. The van der Waals surface area contributed by atoms with Crippen molar-refractivity contribution in [2.45, 2.75) is 61.7 Å². The van der Waals surface area contributed by atoms with Crippen LogP contribution in [0.3, 0.4) is 0 Å². The van der Waals surface area contributed by atoms with Crippen LogP contribution in [-0.4, -0.2) is 22.6 Å². The largest absolute Gasteiger partial charge is 0.478 e. The van der Waals surface area contributed by atoms with Crippen molar-refractivity contribution in [2.75, 3.05) is 11.1 Å². The number of unbranched alkanes of at least 4 members (excludes halogenated alkanes) is 5. The number of hydrogen-bond acceptors (Lipinski definition) is 6. The summed E-state index contributed by atoms with van der Waals surface area (Å²) >= 11 is 1.31. The quantitative estimate of drug-likeness (QED) is 0.100. The van der Waals surface area contributed by atoms with Crippen LogP contribution in [0.5, 0.6) is 0 Å². The van der Waals surface area contributed by atoms with Gasteiger partial charge in [-0.2, -0.15) is 0 Å². The second-order valence-electron chi connectivity index (χ2n) is 10.6. The predicted octanol–water partition coefficient (Wildman–Crippen LogP) is 8.54. The number of benzene rings is 4. The lowest BCUT2D eigenvalue weighted by molar-refractivity contribution is 0.0696. The van der Waals surface area contributed by atoms with Gasteiger partial charge in [0.2, 0.25) is 0 Å². The molecule has 0 bridgehead atoms. The highest BCUT2D eigenvalue weighted by molar-refractivity contribution is 7.99. The monoisotopic (exact) mass is 578 g/mol. The number of nitrogens with two attached hydrogens (primary N) is 1. The molecule has 5 rings (SSSR count). The zero-order valence-corrected chi connectivity index (χ0v) is 24.4. The second kappa shape index (κ2) is 13.1. The topological polar surface area (TPSA) is 109 Å². The number of carboxylic acid groups (broad SMARTS) is 1. The maximum Gasteiger partial charge on any atom is 0.335 e. The van der Waals surface area contributed by atoms with E-state index in [-0.39, 0.29) is 33.9 Å². The van der Waals surface area contributed by atoms with Crippen LogP contribution in [-0.2, 0) is 6.42 Å². The Morgan fingerprint density at radius 1 is 0.810 bits per heavy atom. The van der Waals surface area contributed by atoms with Gasteiger partial charge >= 0.3 is 5.97 Å². The fraction of sp³-hybridized carbons (Fsp3) is 0.229. The lowest BCUT2D eigenvalue weighted by Crippen LogP contribution is -2.24. The summed E-state index contributed by atoms with van der Waals surface area (Å²) in [6.07, 6.45) is 8.53. The van der Waals surface area contributed by atoms with Crippen molar-refractivity contribution in [3.05, 3.63) is 112 Å². The van der Waals surface area contributed by atoms with E-state index in [0.717, 1.165) is 23.4 Å². The summed E-state index contributed by atoms with van der Waals surface area (Å²) < 4.78 is 0. The van der Waals surface area contributed by atoms with E-state index in [1.54, 1.807) is 42.5 Å². The molecule has 4 aromatic rings. The molecule has 0 atom stereocenters. The third-order valence-corrected chi connectivity index (χ3v) is 8.65. The molecular formula is C35H34N2O4S. The Hall–Kier alpha value is -4.36. The number of fused-ring (bicyclic) bond motifs is 2. The molecule has 7 heteroatoms. The molecule has 1 aliphatic carbocycles. The summed E-state index contributed by atoms with van der Waals surface area (Å²) in [4.78, 5) is 40.1. The van der Waals surface area contributed by atoms with Crippen LogP contribution in [0.4, 0.5) is 17.1 Å². The van der Waals surface area contributed by atoms with Gasteiger partial charge in [-0.15, -0.1) is 0 Å². The minimum atomic E-state index is -1.01. The van der Waals surface area contributed by atoms with Crippen LogP contribution in [0, 0.1) is 0 Å². The van der Waals surface area contributed by atoms with Gasteiger partial charge in [0.25, 0.3) is 0 Å². The predicted molar refractivity (Wildman–Crippen MR) is 168 cm³/mol. The van der Waals surface area contributed by atoms with E-state index in [2.05, 4.69) is 24.4 Å². The average Bonchev–Trinajstić information content (AvgIpc) is 3.00. The summed E-state index contributed by atoms with van der Waals surface area (Å²) in [5.74, 6) is -1.55. The number of nitrogens with one attached hydrogen (secondary N) is 1. The van der Waals surface area contributed by atoms with Gasteiger partial charge in [-0.05, 0) is 60.9 Å². The van der Waals surface area contributed by atoms with Crippen LogP contribution in [0.15, 0.2) is 88.7 Å². The number of aromatic carboxylic acids is 1. The van der Waals surface area contributed by atoms with Gasteiger partial charge in [0.1, 0.15) is 0 Å². The fourth-order valence-corrected chi connectivity index (χ4v) is 6.20. The zero-order valence-electron chi connectivity index (χ0n) is 23.6. The number of rotatable bonds is 12. The molecule has 0 saturated carbocycles. The molecule has 0 radical (unpaired) electrons. The molecule has 1 aliphatic rings. The van der Waals surface area contributed by atoms with E-state index >= 15 is 0 Å². The number of carboxylic acids is 1. The Balaban J connectivity index is 1.46. The molecule has 0 unspecified atom stereocenters. The van der Waals surface area contributed by atoms with Gasteiger partial charge in [-0.1, -0.05) is 87.2 Å². The molecule has 42 heavy (non-hydrogen) atoms. The number of nitrogen functional groups attached to an aromatic ring is 1. The number of carbonyl (C=O) groups excluding carboxylic acids is 2. The second-order valence-corrected chi connectivity index (χ2v) is 11.7. The first-order valence-corrected chi connectivity index (χ1v) is 15.2. The summed E-state index contributed by atoms with van der Waals surface area (Å²) in [7, 11) is 0. The van der Waals surface area contributed by atoms with Crippen molar-refractivity contribution >= 4 is 46.4 Å². The molecule has 214 valence electrons. The van der Waals surface area contributed by atoms with E-state index in [0.29, 0.717) is 21.7 Å². The third-order valence-electron chi connectivity index (χ3n) is 7.58. The van der Waals surface area contributed by atoms with Crippen molar-refractivity contribution in [1.82, 2.24) is 0 Å². The Morgan fingerprint density at radius 3 is 2.07 bits per heavy atom. The third kappa shape index (κ3) is 6.26. The molecule has 0 saturated heterocycles. The molecule has 6 nitrogen and oxygen atoms in total. The van der Waals surface area contributed by atoms with Gasteiger partial charge < -0.3 is 16.2 Å². The van der Waals surface area contributed by atoms with Gasteiger partial charge in [0.15, 0.2) is 11.6 Å². The van der Waals surface area contributed by atoms with Gasteiger partial charge in [-0.3, -0.25) is 9.59 Å². The smallest absolute Gasteiger partial charge is 0.335 e. The molecule has 4 aromatic carbocycles. The minimum Gasteiger partial charge on any atom is -0.478 e. The lowest BCUT2D eigenvalue weighted by atomic mass is 9.82. The van der Waals surface area contributed by atoms with Crippen LogP contribution < -0.4 is 11.1 Å². The number of anilines is 3. The Labute approximate surface area is 250 Å². The first kappa shape index (κ1) is 29.1. The van der Waals surface area contributed by atoms with Crippen molar-refractivity contribution in [3.8, 4) is 0 Å². The Bertz CT molecular complexity index is 1630. The SMILES string of the molecule is CCCCCCCCc1ccc(Nc2cc(Sc3ccc(C(=O)O)cc3)c(N)c3c2C(=O)c2ccccc2C3=O)cc1. The first-order chi connectivity index (χ1) is 20.4. The van der Waals surface area contributed by atoms with Crippen LogP contribution in [0.2, 0.25) is 0 Å². The van der Waals surface area contributed by atoms with Gasteiger partial charge in [0, 0.05) is 26.6 Å². The summed E-state index contributed by atoms with van der Waals surface area (Å²) in [5.41, 5.74) is 10.7. The standard InChI is InChI=1S/C35H34N2O4S/c1-2-3-4-5-6-7-10-22-13-17-24(18-14-22)37-28-21-29(42-25-19-15-23(16-20-25)35(40)41)32(36)31-30(28)33(38)26-11-8-9-12-27(26)34(31)39/h8-9,11-21,37H,2-7,10,36H2,1H3,(H,40,41). The highest BCUT2D eigenvalue weighted by Gasteiger charge is 2.34. The average molecular weight is 579 g/mol. The molecule has 0 aromatic heterocycles. The molecule has 0 heterocycles. The zero-order chi connectivity index (χ0) is 29.6. The first-order valence-electron chi connectivity index (χ1n) is 14.4. The van der Waals surface area contributed by atoms with E-state index in [4.69, 9.17) is 5.73 Å². The number of ketones is 2. The van der Waals surface area contributed by atoms with E-state index < -0.39 is 5.97 Å². The molecule has 0 spiro atoms. The maximum atomic E-state index is 13.7. The van der Waals surface area contributed by atoms with E-state index in [1.165, 1.54) is 61.6 Å². The maximum absolute atomic E-state index is 13.7. The van der Waals surface area contributed by atoms with E-state index in [1.807, 2.05) is 12.1 Å². The Kier molecular flexibility index (Phi) is 9.08. The van der Waals surface area contributed by atoms with Crippen molar-refractivity contribution in [3.63, 3.8) is 0 Å². The summed E-state index contributed by atoms with van der Waals surface area (Å²) in [6.45, 7) is 2.23. The van der Waals surface area contributed by atoms with E-state index in [9.17, 15) is 19.5 Å². The van der Waals surface area contributed by atoms with Gasteiger partial charge in [-0.25, -0.2) is 4.79 Å². The highest BCUT2D eigenvalue weighted by Crippen LogP contribution is 2.43. The highest BCUT2D eigenvalue weighted by atomic mass is 32.2. The summed E-state index contributed by atoms with van der Waals surface area (Å²) in [5, 5.41) is 12.6. The number of hydrogen-bond donors (Lipinski definition) is 3. The van der Waals surface area contributed by atoms with Crippen LogP contribution in [0.25, 0.3) is 0 Å². The van der Waals surface area contributed by atoms with Crippen molar-refractivity contribution < 1.29 is 19.5 Å².